The van der Waals surface area contributed by atoms with Gasteiger partial charge in [-0.1, -0.05) is 18.2 Å². The highest BCUT2D eigenvalue weighted by Gasteiger charge is 2.50. The molecule has 0 saturated carbocycles. The Bertz CT molecular complexity index is 549. The minimum atomic E-state index is -0.298. The van der Waals surface area contributed by atoms with Crippen molar-refractivity contribution in [1.82, 2.24) is 9.80 Å². The number of piperidine rings is 1. The van der Waals surface area contributed by atoms with Gasteiger partial charge in [0, 0.05) is 13.1 Å². The monoisotopic (exact) mass is 346 g/mol. The van der Waals surface area contributed by atoms with E-state index in [1.54, 1.807) is 0 Å². The van der Waals surface area contributed by atoms with E-state index < -0.39 is 0 Å². The normalized spacial score (nSPS) is 24.2. The molecule has 1 amide bonds. The fraction of sp³-hybridized carbons (Fsp3) is 0.650. The molecule has 5 heteroatoms. The van der Waals surface area contributed by atoms with Crippen molar-refractivity contribution >= 4 is 5.91 Å². The molecule has 2 saturated heterocycles. The van der Waals surface area contributed by atoms with E-state index in [1.807, 2.05) is 35.2 Å². The quantitative estimate of drug-likeness (QED) is 0.734. The van der Waals surface area contributed by atoms with Crippen LogP contribution in [0.3, 0.4) is 0 Å². The molecule has 0 aromatic heterocycles. The zero-order valence-corrected chi connectivity index (χ0v) is 15.0. The van der Waals surface area contributed by atoms with Crippen molar-refractivity contribution in [3.8, 4) is 5.75 Å². The summed E-state index contributed by atoms with van der Waals surface area (Å²) in [4.78, 5) is 17.2. The van der Waals surface area contributed by atoms with Crippen LogP contribution in [-0.4, -0.2) is 65.7 Å². The minimum Gasteiger partial charge on any atom is -0.494 e. The molecule has 2 fully saturated rings. The number of ether oxygens (including phenoxy) is 1. The number of rotatable bonds is 8. The Labute approximate surface area is 150 Å². The Kier molecular flexibility index (Phi) is 6.32. The number of β-amino-alcohol motifs (C(OH)–C–C–N with tert-alkyl or cyclic N) is 1. The molecule has 1 aromatic rings. The highest BCUT2D eigenvalue weighted by molar-refractivity contribution is 5.87. The molecule has 2 aliphatic heterocycles. The van der Waals surface area contributed by atoms with Crippen LogP contribution in [0.1, 0.15) is 38.5 Å². The zero-order valence-electron chi connectivity index (χ0n) is 15.0. The third kappa shape index (κ3) is 4.15. The summed E-state index contributed by atoms with van der Waals surface area (Å²) in [7, 11) is 0. The Balaban J connectivity index is 1.47. The molecule has 138 valence electrons. The molecular formula is C20H30N2O3. The maximum Gasteiger partial charge on any atom is 0.243 e. The number of para-hydroxylation sites is 1. The predicted octanol–water partition coefficient (Wildman–Crippen LogP) is 2.29. The standard InChI is InChI=1S/C20H30N2O3/c23-16-15-21-12-6-10-20(19(21)24)11-7-14-22(20)13-4-5-17-25-18-8-2-1-3-9-18/h1-3,8-9,23H,4-7,10-17H2. The molecule has 25 heavy (non-hydrogen) atoms. The van der Waals surface area contributed by atoms with Gasteiger partial charge in [-0.05, 0) is 63.7 Å². The van der Waals surface area contributed by atoms with Crippen LogP contribution in [0.4, 0.5) is 0 Å². The number of unbranched alkanes of at least 4 members (excludes halogenated alkanes) is 1. The average Bonchev–Trinajstić information content (AvgIpc) is 3.03. The van der Waals surface area contributed by atoms with Crippen LogP contribution in [0.15, 0.2) is 30.3 Å². The molecular weight excluding hydrogens is 316 g/mol. The number of likely N-dealkylation sites (tertiary alicyclic amines) is 2. The second-order valence-corrected chi connectivity index (χ2v) is 7.11. The molecule has 0 bridgehead atoms. The minimum absolute atomic E-state index is 0.0542. The number of aliphatic hydroxyl groups excluding tert-OH is 1. The second-order valence-electron chi connectivity index (χ2n) is 7.11. The number of nitrogens with zero attached hydrogens (tertiary/aromatic N) is 2. The van der Waals surface area contributed by atoms with E-state index in [9.17, 15) is 9.90 Å². The molecule has 0 radical (unpaired) electrons. The summed E-state index contributed by atoms with van der Waals surface area (Å²) in [6.45, 7) is 4.00. The summed E-state index contributed by atoms with van der Waals surface area (Å²) < 4.78 is 5.76. The first-order valence-electron chi connectivity index (χ1n) is 9.59. The van der Waals surface area contributed by atoms with E-state index in [-0.39, 0.29) is 18.1 Å². The van der Waals surface area contributed by atoms with Crippen molar-refractivity contribution in [2.75, 3.05) is 39.4 Å². The highest BCUT2D eigenvalue weighted by atomic mass is 16.5. The summed E-state index contributed by atoms with van der Waals surface area (Å²) in [5.74, 6) is 1.16. The van der Waals surface area contributed by atoms with Gasteiger partial charge in [-0.3, -0.25) is 9.69 Å². The van der Waals surface area contributed by atoms with Gasteiger partial charge in [-0.2, -0.15) is 0 Å². The van der Waals surface area contributed by atoms with E-state index in [2.05, 4.69) is 4.90 Å². The SMILES string of the molecule is O=C1N(CCO)CCCC12CCCN2CCCCOc1ccccc1. The molecule has 5 nitrogen and oxygen atoms in total. The number of amides is 1. The van der Waals surface area contributed by atoms with Gasteiger partial charge in [0.1, 0.15) is 11.3 Å². The molecule has 1 spiro atoms. The molecule has 1 aromatic carbocycles. The number of carbonyl (C=O) groups excluding carboxylic acids is 1. The fourth-order valence-electron chi connectivity index (χ4n) is 4.30. The van der Waals surface area contributed by atoms with Gasteiger partial charge in [-0.25, -0.2) is 0 Å². The van der Waals surface area contributed by atoms with Crippen LogP contribution in [0.5, 0.6) is 5.75 Å². The largest absolute Gasteiger partial charge is 0.494 e. The van der Waals surface area contributed by atoms with Crippen molar-refractivity contribution in [1.29, 1.82) is 0 Å². The van der Waals surface area contributed by atoms with E-state index >= 15 is 0 Å². The first-order chi connectivity index (χ1) is 12.3. The lowest BCUT2D eigenvalue weighted by Crippen LogP contribution is -2.60. The van der Waals surface area contributed by atoms with Gasteiger partial charge in [0.15, 0.2) is 0 Å². The maximum absolute atomic E-state index is 13.0. The summed E-state index contributed by atoms with van der Waals surface area (Å²) >= 11 is 0. The molecule has 2 aliphatic rings. The van der Waals surface area contributed by atoms with Crippen molar-refractivity contribution < 1.29 is 14.6 Å². The van der Waals surface area contributed by atoms with Crippen LogP contribution in [0.2, 0.25) is 0 Å². The average molecular weight is 346 g/mol. The van der Waals surface area contributed by atoms with E-state index in [0.717, 1.165) is 70.5 Å². The van der Waals surface area contributed by atoms with Crippen molar-refractivity contribution in [3.63, 3.8) is 0 Å². The van der Waals surface area contributed by atoms with Gasteiger partial charge in [0.25, 0.3) is 0 Å². The van der Waals surface area contributed by atoms with Gasteiger partial charge >= 0.3 is 0 Å². The predicted molar refractivity (Wildman–Crippen MR) is 97.6 cm³/mol. The molecule has 1 atom stereocenters. The lowest BCUT2D eigenvalue weighted by Gasteiger charge is -2.44. The molecule has 0 aliphatic carbocycles. The lowest BCUT2D eigenvalue weighted by molar-refractivity contribution is -0.148. The van der Waals surface area contributed by atoms with Crippen LogP contribution >= 0.6 is 0 Å². The summed E-state index contributed by atoms with van der Waals surface area (Å²) in [6, 6.07) is 9.91. The Morgan fingerprint density at radius 3 is 2.56 bits per heavy atom. The van der Waals surface area contributed by atoms with E-state index in [0.29, 0.717) is 6.54 Å². The van der Waals surface area contributed by atoms with Crippen LogP contribution in [0, 0.1) is 0 Å². The van der Waals surface area contributed by atoms with Crippen molar-refractivity contribution in [2.45, 2.75) is 44.1 Å². The number of carbonyl (C=O) groups is 1. The molecule has 1 N–H and O–H groups in total. The van der Waals surface area contributed by atoms with Crippen LogP contribution in [0.25, 0.3) is 0 Å². The maximum atomic E-state index is 13.0. The number of benzene rings is 1. The van der Waals surface area contributed by atoms with Gasteiger partial charge < -0.3 is 14.7 Å². The number of hydrogen-bond donors (Lipinski definition) is 1. The van der Waals surface area contributed by atoms with Crippen molar-refractivity contribution in [3.05, 3.63) is 30.3 Å². The zero-order chi connectivity index (χ0) is 17.5. The third-order valence-electron chi connectivity index (χ3n) is 5.53. The fourth-order valence-corrected chi connectivity index (χ4v) is 4.30. The first kappa shape index (κ1) is 18.2. The Hall–Kier alpha value is -1.59. The first-order valence-corrected chi connectivity index (χ1v) is 9.59. The van der Waals surface area contributed by atoms with Gasteiger partial charge in [0.2, 0.25) is 5.91 Å². The van der Waals surface area contributed by atoms with Crippen LogP contribution in [-0.2, 0) is 4.79 Å². The second kappa shape index (κ2) is 8.68. The van der Waals surface area contributed by atoms with Gasteiger partial charge in [-0.15, -0.1) is 0 Å². The summed E-state index contributed by atoms with van der Waals surface area (Å²) in [5, 5.41) is 9.21. The van der Waals surface area contributed by atoms with Crippen molar-refractivity contribution in [2.24, 2.45) is 0 Å². The highest BCUT2D eigenvalue weighted by Crippen LogP contribution is 2.38. The molecule has 2 heterocycles. The summed E-state index contributed by atoms with van der Waals surface area (Å²) in [5.41, 5.74) is -0.298. The molecule has 1 unspecified atom stereocenters. The topological polar surface area (TPSA) is 53.0 Å². The number of aliphatic hydroxyl groups is 1. The lowest BCUT2D eigenvalue weighted by atomic mass is 9.85. The van der Waals surface area contributed by atoms with E-state index in [1.165, 1.54) is 0 Å². The Morgan fingerprint density at radius 2 is 1.80 bits per heavy atom. The third-order valence-corrected chi connectivity index (χ3v) is 5.53. The smallest absolute Gasteiger partial charge is 0.243 e. The Morgan fingerprint density at radius 1 is 1.04 bits per heavy atom. The van der Waals surface area contributed by atoms with Gasteiger partial charge in [0.05, 0.1) is 13.2 Å². The molecule has 3 rings (SSSR count). The van der Waals surface area contributed by atoms with E-state index in [4.69, 9.17) is 4.74 Å². The van der Waals surface area contributed by atoms with Crippen LogP contribution < -0.4 is 4.74 Å². The summed E-state index contributed by atoms with van der Waals surface area (Å²) in [6.07, 6.45) is 6.11. The number of hydrogen-bond acceptors (Lipinski definition) is 4.